The van der Waals surface area contributed by atoms with E-state index in [1.165, 1.54) is 0 Å². The maximum Gasteiger partial charge on any atom is 0.235 e. The van der Waals surface area contributed by atoms with Crippen molar-refractivity contribution in [3.63, 3.8) is 0 Å². The minimum Gasteiger partial charge on any atom is -0.351 e. The highest BCUT2D eigenvalue weighted by molar-refractivity contribution is 6.27. The number of fused-ring (bicyclic) bond motifs is 1. The Labute approximate surface area is 105 Å². The van der Waals surface area contributed by atoms with E-state index in [4.69, 9.17) is 11.6 Å². The molecular weight excluding hydrogens is 240 g/mol. The van der Waals surface area contributed by atoms with Gasteiger partial charge in [0, 0.05) is 19.3 Å². The molecule has 5 heteroatoms. The van der Waals surface area contributed by atoms with Crippen molar-refractivity contribution in [1.82, 2.24) is 5.32 Å². The van der Waals surface area contributed by atoms with Crippen LogP contribution in [-0.2, 0) is 22.6 Å². The summed E-state index contributed by atoms with van der Waals surface area (Å²) in [6.45, 7) is 0.441. The van der Waals surface area contributed by atoms with E-state index < -0.39 is 0 Å². The van der Waals surface area contributed by atoms with Crippen LogP contribution in [0.1, 0.15) is 11.1 Å². The molecule has 4 nitrogen and oxygen atoms in total. The van der Waals surface area contributed by atoms with Crippen LogP contribution in [0.2, 0.25) is 0 Å². The maximum atomic E-state index is 11.5. The lowest BCUT2D eigenvalue weighted by Gasteiger charge is -2.10. The molecule has 1 aromatic carbocycles. The molecule has 0 aliphatic carbocycles. The molecule has 1 aromatic rings. The number of carbonyl (C=O) groups excluding carboxylic acids is 2. The molecule has 1 heterocycles. The molecule has 0 saturated heterocycles. The number of anilines is 1. The van der Waals surface area contributed by atoms with Gasteiger partial charge < -0.3 is 10.2 Å². The highest BCUT2D eigenvalue weighted by atomic mass is 35.5. The highest BCUT2D eigenvalue weighted by Crippen LogP contribution is 2.28. The van der Waals surface area contributed by atoms with E-state index in [0.29, 0.717) is 13.0 Å². The van der Waals surface area contributed by atoms with Gasteiger partial charge in [0.2, 0.25) is 11.8 Å². The molecule has 17 heavy (non-hydrogen) atoms. The van der Waals surface area contributed by atoms with Gasteiger partial charge in [0.25, 0.3) is 0 Å². The Morgan fingerprint density at radius 2 is 2.29 bits per heavy atom. The normalized spacial score (nSPS) is 13.8. The summed E-state index contributed by atoms with van der Waals surface area (Å²) in [6, 6.07) is 5.76. The van der Waals surface area contributed by atoms with Crippen LogP contribution in [0.5, 0.6) is 0 Å². The maximum absolute atomic E-state index is 11.5. The van der Waals surface area contributed by atoms with Gasteiger partial charge in [-0.15, -0.1) is 11.6 Å². The Kier molecular flexibility index (Phi) is 3.33. The summed E-state index contributed by atoms with van der Waals surface area (Å²) in [7, 11) is 1.77. The third kappa shape index (κ3) is 2.42. The summed E-state index contributed by atoms with van der Waals surface area (Å²) >= 11 is 5.39. The van der Waals surface area contributed by atoms with E-state index in [1.54, 1.807) is 11.9 Å². The molecule has 0 aromatic heterocycles. The predicted molar refractivity (Wildman–Crippen MR) is 66.1 cm³/mol. The van der Waals surface area contributed by atoms with Gasteiger partial charge in [0.05, 0.1) is 6.42 Å². The zero-order valence-corrected chi connectivity index (χ0v) is 10.3. The second-order valence-corrected chi connectivity index (χ2v) is 4.27. The van der Waals surface area contributed by atoms with Crippen molar-refractivity contribution in [3.05, 3.63) is 29.3 Å². The van der Waals surface area contributed by atoms with Crippen molar-refractivity contribution in [2.45, 2.75) is 13.0 Å². The van der Waals surface area contributed by atoms with Crippen molar-refractivity contribution in [3.8, 4) is 0 Å². The third-order valence-electron chi connectivity index (χ3n) is 2.83. The second kappa shape index (κ2) is 4.75. The van der Waals surface area contributed by atoms with E-state index in [-0.39, 0.29) is 17.7 Å². The Balaban J connectivity index is 2.11. The van der Waals surface area contributed by atoms with Crippen LogP contribution in [-0.4, -0.2) is 24.7 Å². The molecular formula is C12H13ClN2O2. The lowest BCUT2D eigenvalue weighted by atomic mass is 10.1. The smallest absolute Gasteiger partial charge is 0.235 e. The first-order valence-corrected chi connectivity index (χ1v) is 5.86. The van der Waals surface area contributed by atoms with E-state index >= 15 is 0 Å². The molecule has 1 N–H and O–H groups in total. The van der Waals surface area contributed by atoms with Gasteiger partial charge in [-0.1, -0.05) is 12.1 Å². The number of carbonyl (C=O) groups is 2. The number of alkyl halides is 1. The zero-order chi connectivity index (χ0) is 12.4. The molecule has 1 aliphatic heterocycles. The molecule has 0 atom stereocenters. The standard InChI is InChI=1S/C12H13ClN2O2/c1-15-10-3-2-8(7-14-11(16)6-13)4-9(10)5-12(15)17/h2-4H,5-7H2,1H3,(H,14,16). The summed E-state index contributed by atoms with van der Waals surface area (Å²) in [6.07, 6.45) is 0.434. The largest absolute Gasteiger partial charge is 0.351 e. The van der Waals surface area contributed by atoms with Crippen LogP contribution < -0.4 is 10.2 Å². The number of benzene rings is 1. The summed E-state index contributed by atoms with van der Waals surface area (Å²) < 4.78 is 0. The lowest BCUT2D eigenvalue weighted by Crippen LogP contribution is -2.23. The molecule has 0 radical (unpaired) electrons. The number of nitrogens with one attached hydrogen (secondary N) is 1. The topological polar surface area (TPSA) is 49.4 Å². The van der Waals surface area contributed by atoms with Gasteiger partial charge in [0.15, 0.2) is 0 Å². The number of rotatable bonds is 3. The van der Waals surface area contributed by atoms with Crippen molar-refractivity contribution in [2.75, 3.05) is 17.8 Å². The van der Waals surface area contributed by atoms with Crippen LogP contribution in [0.3, 0.4) is 0 Å². The first-order chi connectivity index (χ1) is 8.11. The Bertz CT molecular complexity index is 474. The molecule has 0 fully saturated rings. The fraction of sp³-hybridized carbons (Fsp3) is 0.333. The average Bonchev–Trinajstić information content (AvgIpc) is 2.62. The van der Waals surface area contributed by atoms with Gasteiger partial charge in [-0.05, 0) is 17.2 Å². The van der Waals surface area contributed by atoms with Gasteiger partial charge >= 0.3 is 0 Å². The van der Waals surface area contributed by atoms with Gasteiger partial charge in [-0.3, -0.25) is 9.59 Å². The van der Waals surface area contributed by atoms with Gasteiger partial charge in [0.1, 0.15) is 5.88 Å². The van der Waals surface area contributed by atoms with Crippen molar-refractivity contribution in [1.29, 1.82) is 0 Å². The SMILES string of the molecule is CN1C(=O)Cc2cc(CNC(=O)CCl)ccc21. The number of amides is 2. The summed E-state index contributed by atoms with van der Waals surface area (Å²) in [5.41, 5.74) is 2.93. The monoisotopic (exact) mass is 252 g/mol. The molecule has 1 aliphatic rings. The summed E-state index contributed by atoms with van der Waals surface area (Å²) in [5.74, 6) is -0.131. The number of likely N-dealkylation sites (N-methyl/N-ethyl adjacent to an activating group) is 1. The minimum atomic E-state index is -0.194. The third-order valence-corrected chi connectivity index (χ3v) is 3.07. The second-order valence-electron chi connectivity index (χ2n) is 4.00. The molecule has 0 bridgehead atoms. The fourth-order valence-corrected chi connectivity index (χ4v) is 1.98. The minimum absolute atomic E-state index is 0.0356. The number of nitrogens with zero attached hydrogens (tertiary/aromatic N) is 1. The van der Waals surface area contributed by atoms with Crippen molar-refractivity contribution >= 4 is 29.1 Å². The average molecular weight is 253 g/mol. The first kappa shape index (κ1) is 11.9. The van der Waals surface area contributed by atoms with Gasteiger partial charge in [-0.25, -0.2) is 0 Å². The van der Waals surface area contributed by atoms with Crippen LogP contribution in [0, 0.1) is 0 Å². The van der Waals surface area contributed by atoms with E-state index in [9.17, 15) is 9.59 Å². The molecule has 2 amide bonds. The van der Waals surface area contributed by atoms with Crippen molar-refractivity contribution in [2.24, 2.45) is 0 Å². The number of hydrogen-bond donors (Lipinski definition) is 1. The molecule has 0 spiro atoms. The van der Waals surface area contributed by atoms with Gasteiger partial charge in [-0.2, -0.15) is 0 Å². The molecule has 90 valence electrons. The molecule has 0 unspecified atom stereocenters. The van der Waals surface area contributed by atoms with Crippen LogP contribution in [0.15, 0.2) is 18.2 Å². The van der Waals surface area contributed by atoms with Crippen LogP contribution in [0.4, 0.5) is 5.69 Å². The Morgan fingerprint density at radius 1 is 1.53 bits per heavy atom. The van der Waals surface area contributed by atoms with E-state index in [1.807, 2.05) is 18.2 Å². The molecule has 0 saturated carbocycles. The quantitative estimate of drug-likeness (QED) is 0.818. The van der Waals surface area contributed by atoms with Crippen LogP contribution >= 0.6 is 11.6 Å². The first-order valence-electron chi connectivity index (χ1n) is 5.33. The Morgan fingerprint density at radius 3 is 3.00 bits per heavy atom. The summed E-state index contributed by atoms with van der Waals surface area (Å²) in [4.78, 5) is 24.2. The van der Waals surface area contributed by atoms with Crippen molar-refractivity contribution < 1.29 is 9.59 Å². The predicted octanol–water partition coefficient (Wildman–Crippen LogP) is 1.06. The summed E-state index contributed by atoms with van der Waals surface area (Å²) in [5, 5.41) is 2.69. The molecule has 2 rings (SSSR count). The number of halogens is 1. The lowest BCUT2D eigenvalue weighted by molar-refractivity contribution is -0.119. The van der Waals surface area contributed by atoms with Crippen LogP contribution in [0.25, 0.3) is 0 Å². The van der Waals surface area contributed by atoms with E-state index in [2.05, 4.69) is 5.32 Å². The number of hydrogen-bond acceptors (Lipinski definition) is 2. The zero-order valence-electron chi connectivity index (χ0n) is 9.50. The highest BCUT2D eigenvalue weighted by Gasteiger charge is 2.23. The fourth-order valence-electron chi connectivity index (χ4n) is 1.88. The van der Waals surface area contributed by atoms with E-state index in [0.717, 1.165) is 16.8 Å². The Hall–Kier alpha value is -1.55.